The molecule has 2 aliphatic heterocycles. The lowest BCUT2D eigenvalue weighted by Gasteiger charge is -2.24. The zero-order valence-electron chi connectivity index (χ0n) is 27.6. The molecule has 2 saturated heterocycles. The summed E-state index contributed by atoms with van der Waals surface area (Å²) in [6, 6.07) is 11.1. The first kappa shape index (κ1) is 37.0. The molecule has 0 bridgehead atoms. The first-order valence-electron chi connectivity index (χ1n) is 15.1. The number of carboxylic acid groups (broad SMARTS) is 2. The van der Waals surface area contributed by atoms with E-state index in [1.807, 2.05) is 50.2 Å². The molecule has 0 spiro atoms. The van der Waals surface area contributed by atoms with E-state index in [-0.39, 0.29) is 38.0 Å². The third-order valence-corrected chi connectivity index (χ3v) is 8.34. The number of likely N-dealkylation sites (tertiary alicyclic amines) is 2. The van der Waals surface area contributed by atoms with E-state index in [4.69, 9.17) is 32.7 Å². The Labute approximate surface area is 280 Å². The van der Waals surface area contributed by atoms with Gasteiger partial charge in [0.25, 0.3) is 0 Å². The third-order valence-electron chi connectivity index (χ3n) is 7.69. The average molecular weight is 680 g/mol. The highest BCUT2D eigenvalue weighted by Gasteiger charge is 2.43. The minimum atomic E-state index is -0.933. The molecular formula is C34H44Cl2N2O8. The summed E-state index contributed by atoms with van der Waals surface area (Å²) in [5.41, 5.74) is 2.30. The van der Waals surface area contributed by atoms with E-state index in [1.165, 1.54) is 9.80 Å². The molecule has 4 atom stereocenters. The monoisotopic (exact) mass is 678 g/mol. The second kappa shape index (κ2) is 14.5. The largest absolute Gasteiger partial charge is 0.481 e. The molecule has 0 aliphatic carbocycles. The SMILES string of the molecule is Cc1ccc([C@@H]2CN(C(=O)OC(C)(C)C)C[C@H]2C(=O)O)c(Cl)c1.Cc1ccc([C@H]2CN(C(=O)OC(C)(C)C)C[C@@H]2C(=O)O)c(Cl)c1. The molecule has 0 radical (unpaired) electrons. The fourth-order valence-electron chi connectivity index (χ4n) is 5.56. The van der Waals surface area contributed by atoms with Crippen LogP contribution in [0.4, 0.5) is 9.59 Å². The molecular weight excluding hydrogens is 635 g/mol. The fourth-order valence-corrected chi connectivity index (χ4v) is 6.31. The number of ether oxygens (including phenoxy) is 2. The topological polar surface area (TPSA) is 134 Å². The molecule has 2 aliphatic rings. The summed E-state index contributed by atoms with van der Waals surface area (Å²) in [7, 11) is 0. The Kier molecular flexibility index (Phi) is 11.7. The highest BCUT2D eigenvalue weighted by Crippen LogP contribution is 2.39. The first-order chi connectivity index (χ1) is 21.2. The van der Waals surface area contributed by atoms with Gasteiger partial charge in [0.05, 0.1) is 11.8 Å². The van der Waals surface area contributed by atoms with Crippen molar-refractivity contribution in [1.82, 2.24) is 9.80 Å². The van der Waals surface area contributed by atoms with Gasteiger partial charge in [0.2, 0.25) is 0 Å². The zero-order chi connectivity index (χ0) is 34.7. The minimum absolute atomic E-state index is 0.124. The van der Waals surface area contributed by atoms with Crippen molar-refractivity contribution in [1.29, 1.82) is 0 Å². The number of benzene rings is 2. The molecule has 2 aromatic carbocycles. The van der Waals surface area contributed by atoms with Crippen LogP contribution in [0.5, 0.6) is 0 Å². The van der Waals surface area contributed by atoms with Gasteiger partial charge in [-0.2, -0.15) is 0 Å². The van der Waals surface area contributed by atoms with Gasteiger partial charge in [0, 0.05) is 48.1 Å². The molecule has 0 aromatic heterocycles. The molecule has 2 amide bonds. The van der Waals surface area contributed by atoms with Crippen LogP contribution in [0.25, 0.3) is 0 Å². The molecule has 10 nitrogen and oxygen atoms in total. The van der Waals surface area contributed by atoms with Gasteiger partial charge in [-0.25, -0.2) is 9.59 Å². The highest BCUT2D eigenvalue weighted by molar-refractivity contribution is 6.31. The summed E-state index contributed by atoms with van der Waals surface area (Å²) in [6.45, 7) is 15.4. The van der Waals surface area contributed by atoms with Crippen molar-refractivity contribution in [3.8, 4) is 0 Å². The van der Waals surface area contributed by atoms with Crippen molar-refractivity contribution in [2.45, 2.75) is 78.4 Å². The summed E-state index contributed by atoms with van der Waals surface area (Å²) in [5, 5.41) is 20.1. The second-order valence-electron chi connectivity index (χ2n) is 13.9. The summed E-state index contributed by atoms with van der Waals surface area (Å²) >= 11 is 12.6. The molecule has 2 heterocycles. The number of hydrogen-bond acceptors (Lipinski definition) is 6. The molecule has 4 rings (SSSR count). The van der Waals surface area contributed by atoms with Gasteiger partial charge in [-0.15, -0.1) is 0 Å². The van der Waals surface area contributed by atoms with Crippen LogP contribution in [0.3, 0.4) is 0 Å². The molecule has 46 heavy (non-hydrogen) atoms. The van der Waals surface area contributed by atoms with Crippen molar-refractivity contribution in [2.24, 2.45) is 11.8 Å². The second-order valence-corrected chi connectivity index (χ2v) is 14.7. The van der Waals surface area contributed by atoms with Crippen LogP contribution in [0.2, 0.25) is 10.0 Å². The fraction of sp³-hybridized carbons (Fsp3) is 0.529. The van der Waals surface area contributed by atoms with Gasteiger partial charge in [-0.1, -0.05) is 47.5 Å². The standard InChI is InChI=1S/2C17H22ClNO4/c2*1-10-5-6-11(14(18)7-10)12-8-19(9-13(12)15(20)21)16(22)23-17(2,3)4/h2*5-7,12-13H,8-9H2,1-4H3,(H,20,21)/t2*12-,13+/m10/s1. The number of halogens is 2. The normalized spacial score (nSPS) is 21.3. The van der Waals surface area contributed by atoms with E-state index >= 15 is 0 Å². The van der Waals surface area contributed by atoms with E-state index in [9.17, 15) is 29.4 Å². The Morgan fingerprint density at radius 2 is 0.978 bits per heavy atom. The summed E-state index contributed by atoms with van der Waals surface area (Å²) in [6.07, 6.45) is -0.982. The molecule has 252 valence electrons. The van der Waals surface area contributed by atoms with Gasteiger partial charge < -0.3 is 29.5 Å². The molecule has 2 fully saturated rings. The van der Waals surface area contributed by atoms with Crippen LogP contribution in [0.1, 0.15) is 75.6 Å². The lowest BCUT2D eigenvalue weighted by molar-refractivity contribution is -0.142. The van der Waals surface area contributed by atoms with Crippen molar-refractivity contribution in [3.05, 3.63) is 68.7 Å². The van der Waals surface area contributed by atoms with Crippen LogP contribution in [0, 0.1) is 25.7 Å². The van der Waals surface area contributed by atoms with Crippen molar-refractivity contribution in [3.63, 3.8) is 0 Å². The van der Waals surface area contributed by atoms with E-state index in [0.29, 0.717) is 10.0 Å². The highest BCUT2D eigenvalue weighted by atomic mass is 35.5. The number of aryl methyl sites for hydroxylation is 2. The van der Waals surface area contributed by atoms with E-state index in [2.05, 4.69) is 0 Å². The van der Waals surface area contributed by atoms with Crippen LogP contribution in [0.15, 0.2) is 36.4 Å². The van der Waals surface area contributed by atoms with Crippen molar-refractivity contribution >= 4 is 47.3 Å². The number of hydrogen-bond donors (Lipinski definition) is 2. The summed E-state index contributed by atoms with van der Waals surface area (Å²) < 4.78 is 10.7. The van der Waals surface area contributed by atoms with Crippen LogP contribution in [-0.2, 0) is 19.1 Å². The van der Waals surface area contributed by atoms with Gasteiger partial charge in [-0.05, 0) is 89.8 Å². The van der Waals surface area contributed by atoms with E-state index in [0.717, 1.165) is 22.3 Å². The predicted molar refractivity (Wildman–Crippen MR) is 176 cm³/mol. The van der Waals surface area contributed by atoms with Gasteiger partial charge in [0.1, 0.15) is 11.2 Å². The lowest BCUT2D eigenvalue weighted by atomic mass is 9.88. The maximum Gasteiger partial charge on any atom is 0.410 e. The Hall–Kier alpha value is -3.50. The Balaban J connectivity index is 0.000000250. The number of carbonyl (C=O) groups excluding carboxylic acids is 2. The smallest absolute Gasteiger partial charge is 0.410 e. The van der Waals surface area contributed by atoms with Gasteiger partial charge >= 0.3 is 24.1 Å². The number of amides is 2. The van der Waals surface area contributed by atoms with E-state index in [1.54, 1.807) is 41.5 Å². The number of aliphatic carboxylic acids is 2. The van der Waals surface area contributed by atoms with Crippen molar-refractivity contribution < 1.29 is 38.9 Å². The maximum absolute atomic E-state index is 12.2. The maximum atomic E-state index is 12.2. The van der Waals surface area contributed by atoms with Crippen LogP contribution >= 0.6 is 23.2 Å². The average Bonchev–Trinajstić information content (AvgIpc) is 3.53. The van der Waals surface area contributed by atoms with E-state index < -0.39 is 47.2 Å². The molecule has 0 saturated carbocycles. The Morgan fingerprint density at radius 3 is 1.24 bits per heavy atom. The third kappa shape index (κ3) is 9.75. The zero-order valence-corrected chi connectivity index (χ0v) is 29.1. The number of carboxylic acids is 2. The number of rotatable bonds is 4. The molecule has 2 aromatic rings. The van der Waals surface area contributed by atoms with Gasteiger partial charge in [0.15, 0.2) is 0 Å². The Morgan fingerprint density at radius 1 is 0.652 bits per heavy atom. The molecule has 12 heteroatoms. The number of nitrogens with zero attached hydrogens (tertiary/aromatic N) is 2. The van der Waals surface area contributed by atoms with Crippen LogP contribution in [-0.4, -0.2) is 81.5 Å². The predicted octanol–water partition coefficient (Wildman–Crippen LogP) is 7.37. The lowest BCUT2D eigenvalue weighted by Crippen LogP contribution is -2.35. The van der Waals surface area contributed by atoms with Gasteiger partial charge in [-0.3, -0.25) is 9.59 Å². The minimum Gasteiger partial charge on any atom is -0.481 e. The number of carbonyl (C=O) groups is 4. The van der Waals surface area contributed by atoms with Crippen molar-refractivity contribution in [2.75, 3.05) is 26.2 Å². The Bertz CT molecular complexity index is 1360. The van der Waals surface area contributed by atoms with Crippen LogP contribution < -0.4 is 0 Å². The summed E-state index contributed by atoms with van der Waals surface area (Å²) in [4.78, 5) is 50.5. The molecule has 0 unspecified atom stereocenters. The first-order valence-corrected chi connectivity index (χ1v) is 15.9. The molecule has 2 N–H and O–H groups in total. The summed E-state index contributed by atoms with van der Waals surface area (Å²) in [5.74, 6) is -3.93. The quantitative estimate of drug-likeness (QED) is 0.342.